The normalized spacial score (nSPS) is 15.4. The number of rotatable bonds is 7. The van der Waals surface area contributed by atoms with Crippen LogP contribution in [0, 0.1) is 0 Å². The molecule has 2 aromatic carbocycles. The molecule has 1 aliphatic rings. The van der Waals surface area contributed by atoms with E-state index < -0.39 is 24.1 Å². The number of amides is 2. The molecule has 190 valence electrons. The molecule has 0 aliphatic carbocycles. The number of likely N-dealkylation sites (N-methyl/N-ethyl adjacent to an activating group) is 1. The molecule has 1 N–H and O–H groups in total. The highest BCUT2D eigenvalue weighted by molar-refractivity contribution is 6.30. The average molecular weight is 517 g/mol. The van der Waals surface area contributed by atoms with Crippen LogP contribution in [0.2, 0.25) is 5.02 Å². The zero-order chi connectivity index (χ0) is 25.8. The highest BCUT2D eigenvalue weighted by Gasteiger charge is 2.28. The smallest absolute Gasteiger partial charge is 0.292 e. The van der Waals surface area contributed by atoms with Gasteiger partial charge in [0.05, 0.1) is 0 Å². The van der Waals surface area contributed by atoms with Gasteiger partial charge in [0.25, 0.3) is 12.3 Å². The molecule has 4 rings (SSSR count). The fraction of sp³-hybridized carbons (Fsp3) is 0.346. The Morgan fingerprint density at radius 1 is 1.08 bits per heavy atom. The summed E-state index contributed by atoms with van der Waals surface area (Å²) in [6.07, 6.45) is -1.32. The molecule has 0 bridgehead atoms. The maximum absolute atomic E-state index is 13.0. The number of aromatic nitrogens is 1. The van der Waals surface area contributed by atoms with Crippen molar-refractivity contribution < 1.29 is 22.9 Å². The second-order valence-electron chi connectivity index (χ2n) is 9.01. The lowest BCUT2D eigenvalue weighted by Crippen LogP contribution is -2.37. The monoisotopic (exact) mass is 516 g/mol. The lowest BCUT2D eigenvalue weighted by atomic mass is 9.89. The van der Waals surface area contributed by atoms with Crippen LogP contribution in [0.4, 0.5) is 14.5 Å². The number of nitrogens with zero attached hydrogens (tertiary/aromatic N) is 3. The van der Waals surface area contributed by atoms with Gasteiger partial charge < -0.3 is 14.7 Å². The van der Waals surface area contributed by atoms with Gasteiger partial charge in [0.15, 0.2) is 5.69 Å². The molecule has 1 aromatic heterocycles. The number of anilines is 1. The van der Waals surface area contributed by atoms with Crippen LogP contribution in [0.1, 0.15) is 58.6 Å². The van der Waals surface area contributed by atoms with Crippen molar-refractivity contribution in [1.29, 1.82) is 0 Å². The van der Waals surface area contributed by atoms with Crippen LogP contribution in [0.5, 0.6) is 0 Å². The Bertz CT molecular complexity index is 1190. The first kappa shape index (κ1) is 25.8. The molecule has 1 unspecified atom stereocenters. The molecule has 1 atom stereocenters. The van der Waals surface area contributed by atoms with Crippen molar-refractivity contribution in [2.75, 3.05) is 32.5 Å². The fourth-order valence-electron chi connectivity index (χ4n) is 4.44. The Morgan fingerprint density at radius 3 is 2.28 bits per heavy atom. The van der Waals surface area contributed by atoms with Gasteiger partial charge in [-0.1, -0.05) is 41.0 Å². The van der Waals surface area contributed by atoms with Crippen LogP contribution < -0.4 is 5.32 Å². The Balaban J connectivity index is 1.34. The molecule has 2 amide bonds. The van der Waals surface area contributed by atoms with Crippen molar-refractivity contribution in [3.8, 4) is 0 Å². The van der Waals surface area contributed by atoms with Gasteiger partial charge in [-0.3, -0.25) is 14.5 Å². The van der Waals surface area contributed by atoms with Crippen molar-refractivity contribution in [1.82, 2.24) is 15.0 Å². The summed E-state index contributed by atoms with van der Waals surface area (Å²) in [5, 5.41) is 6.85. The number of halogens is 3. The number of piperidine rings is 1. The quantitative estimate of drug-likeness (QED) is 0.447. The van der Waals surface area contributed by atoms with E-state index in [0.717, 1.165) is 30.0 Å². The van der Waals surface area contributed by atoms with Crippen LogP contribution >= 0.6 is 11.6 Å². The van der Waals surface area contributed by atoms with E-state index in [-0.39, 0.29) is 17.6 Å². The minimum atomic E-state index is -2.78. The van der Waals surface area contributed by atoms with E-state index in [2.05, 4.69) is 10.5 Å². The first-order chi connectivity index (χ1) is 17.2. The van der Waals surface area contributed by atoms with Crippen molar-refractivity contribution in [3.05, 3.63) is 82.2 Å². The van der Waals surface area contributed by atoms with Gasteiger partial charge in [0.2, 0.25) is 11.7 Å². The number of hydrogen-bond acceptors (Lipinski definition) is 5. The first-order valence-electron chi connectivity index (χ1n) is 11.6. The number of alkyl halides is 2. The average Bonchev–Trinajstić information content (AvgIpc) is 3.36. The summed E-state index contributed by atoms with van der Waals surface area (Å²) >= 11 is 5.98. The van der Waals surface area contributed by atoms with Gasteiger partial charge in [-0.25, -0.2) is 8.78 Å². The number of nitrogens with one attached hydrogen (secondary N) is 1. The van der Waals surface area contributed by atoms with Crippen molar-refractivity contribution in [2.45, 2.75) is 31.2 Å². The highest BCUT2D eigenvalue weighted by atomic mass is 35.5. The highest BCUT2D eigenvalue weighted by Crippen LogP contribution is 2.30. The van der Waals surface area contributed by atoms with E-state index in [9.17, 15) is 18.4 Å². The molecular formula is C26H27ClF2N4O3. The maximum Gasteiger partial charge on any atom is 0.292 e. The Kier molecular flexibility index (Phi) is 8.01. The Morgan fingerprint density at radius 2 is 1.72 bits per heavy atom. The second kappa shape index (κ2) is 11.2. The third-order valence-corrected chi connectivity index (χ3v) is 6.60. The van der Waals surface area contributed by atoms with E-state index in [4.69, 9.17) is 16.1 Å². The van der Waals surface area contributed by atoms with Gasteiger partial charge in [0.1, 0.15) is 6.04 Å². The number of carbonyl (C=O) groups is 2. The molecule has 1 saturated heterocycles. The summed E-state index contributed by atoms with van der Waals surface area (Å²) in [6, 6.07) is 15.5. The maximum atomic E-state index is 13.0. The number of likely N-dealkylation sites (tertiary alicyclic amines) is 1. The number of hydrogen-bond donors (Lipinski definition) is 1. The van der Waals surface area contributed by atoms with Crippen LogP contribution in [0.25, 0.3) is 0 Å². The van der Waals surface area contributed by atoms with E-state index in [0.29, 0.717) is 23.8 Å². The number of carbonyl (C=O) groups excluding carboxylic acids is 2. The summed E-state index contributed by atoms with van der Waals surface area (Å²) in [4.78, 5) is 29.0. The Labute approximate surface area is 213 Å². The second-order valence-corrected chi connectivity index (χ2v) is 9.45. The van der Waals surface area contributed by atoms with E-state index in [1.165, 1.54) is 0 Å². The lowest BCUT2D eigenvalue weighted by Gasteiger charge is -2.31. The zero-order valence-electron chi connectivity index (χ0n) is 20.0. The topological polar surface area (TPSA) is 78.7 Å². The summed E-state index contributed by atoms with van der Waals surface area (Å²) < 4.78 is 30.2. The molecule has 10 heteroatoms. The molecular weight excluding hydrogens is 490 g/mol. The summed E-state index contributed by atoms with van der Waals surface area (Å²) in [6.45, 7) is 0.969. The van der Waals surface area contributed by atoms with Crippen LogP contribution in [-0.4, -0.2) is 54.0 Å². The Hall–Kier alpha value is -3.30. The summed E-state index contributed by atoms with van der Waals surface area (Å²) in [5.74, 6) is -0.501. The lowest BCUT2D eigenvalue weighted by molar-refractivity contribution is -0.120. The van der Waals surface area contributed by atoms with Gasteiger partial charge in [0, 0.05) is 29.9 Å². The van der Waals surface area contributed by atoms with E-state index >= 15 is 0 Å². The minimum Gasteiger partial charge on any atom is -0.351 e. The van der Waals surface area contributed by atoms with E-state index in [1.807, 2.05) is 55.4 Å². The molecule has 0 saturated carbocycles. The van der Waals surface area contributed by atoms with Crippen molar-refractivity contribution >= 4 is 29.1 Å². The molecule has 36 heavy (non-hydrogen) atoms. The predicted molar refractivity (Wildman–Crippen MR) is 132 cm³/mol. The minimum absolute atomic E-state index is 0.149. The van der Waals surface area contributed by atoms with Crippen LogP contribution in [0.3, 0.4) is 0 Å². The standard InChI is InChI=1S/C26H27ClF2N4O3/c1-32(2)23(18-3-7-19(27)8-4-18)25(34)30-20-9-5-16(6-10-20)17-11-13-33(14-12-17)26(35)22-15-21(24(28)29)31-36-22/h3-10,15,17,23-24H,11-14H2,1-2H3,(H,30,34). The summed E-state index contributed by atoms with van der Waals surface area (Å²) in [5.41, 5.74) is 2.11. The molecule has 0 spiro atoms. The van der Waals surface area contributed by atoms with Gasteiger partial charge in [-0.15, -0.1) is 0 Å². The van der Waals surface area contributed by atoms with Crippen LogP contribution in [0.15, 0.2) is 59.1 Å². The largest absolute Gasteiger partial charge is 0.351 e. The molecule has 1 fully saturated rings. The molecule has 3 aromatic rings. The SMILES string of the molecule is CN(C)C(C(=O)Nc1ccc(C2CCN(C(=O)c3cc(C(F)F)no3)CC2)cc1)c1ccc(Cl)cc1. The van der Waals surface area contributed by atoms with E-state index in [1.54, 1.807) is 17.0 Å². The zero-order valence-corrected chi connectivity index (χ0v) is 20.7. The molecule has 2 heterocycles. The fourth-order valence-corrected chi connectivity index (χ4v) is 4.57. The molecule has 0 radical (unpaired) electrons. The third kappa shape index (κ3) is 5.91. The summed E-state index contributed by atoms with van der Waals surface area (Å²) in [7, 11) is 3.69. The molecule has 7 nitrogen and oxygen atoms in total. The van der Waals surface area contributed by atoms with Crippen molar-refractivity contribution in [3.63, 3.8) is 0 Å². The predicted octanol–water partition coefficient (Wildman–Crippen LogP) is 5.53. The van der Waals surface area contributed by atoms with Gasteiger partial charge in [-0.05, 0) is 68.2 Å². The molecule has 1 aliphatic heterocycles. The van der Waals surface area contributed by atoms with Gasteiger partial charge >= 0.3 is 0 Å². The third-order valence-electron chi connectivity index (χ3n) is 6.35. The number of benzene rings is 2. The van der Waals surface area contributed by atoms with Crippen molar-refractivity contribution in [2.24, 2.45) is 0 Å². The van der Waals surface area contributed by atoms with Crippen LogP contribution in [-0.2, 0) is 4.79 Å². The van der Waals surface area contributed by atoms with Gasteiger partial charge in [-0.2, -0.15) is 0 Å². The first-order valence-corrected chi connectivity index (χ1v) is 12.0.